The average molecular weight is 282 g/mol. The summed E-state index contributed by atoms with van der Waals surface area (Å²) in [4.78, 5) is 4.57. The van der Waals surface area contributed by atoms with Gasteiger partial charge in [0.25, 0.3) is 0 Å². The van der Waals surface area contributed by atoms with E-state index in [9.17, 15) is 4.39 Å². The molecule has 106 valence electrons. The van der Waals surface area contributed by atoms with Gasteiger partial charge in [-0.05, 0) is 36.4 Å². The highest BCUT2D eigenvalue weighted by molar-refractivity contribution is 5.81. The summed E-state index contributed by atoms with van der Waals surface area (Å²) in [6, 6.07) is 16.0. The Kier molecular flexibility index (Phi) is 3.69. The van der Waals surface area contributed by atoms with Gasteiger partial charge in [0.2, 0.25) is 0 Å². The van der Waals surface area contributed by atoms with Crippen LogP contribution in [-0.4, -0.2) is 12.0 Å². The first kappa shape index (κ1) is 13.4. The largest absolute Gasteiger partial charge is 0.489 e. The normalized spacial score (nSPS) is 10.6. The number of anilines is 1. The van der Waals surface area contributed by atoms with Crippen LogP contribution < -0.4 is 10.1 Å². The lowest BCUT2D eigenvalue weighted by molar-refractivity contribution is 0.306. The number of aromatic nitrogens is 1. The molecule has 0 bridgehead atoms. The summed E-state index contributed by atoms with van der Waals surface area (Å²) >= 11 is 0. The molecule has 0 aliphatic carbocycles. The topological polar surface area (TPSA) is 34.2 Å². The van der Waals surface area contributed by atoms with E-state index in [1.54, 1.807) is 12.1 Å². The van der Waals surface area contributed by atoms with Crippen molar-refractivity contribution >= 4 is 16.7 Å². The second-order valence-electron chi connectivity index (χ2n) is 4.68. The maximum absolute atomic E-state index is 12.9. The van der Waals surface area contributed by atoms with E-state index in [-0.39, 0.29) is 5.82 Å². The molecule has 3 rings (SSSR count). The third kappa shape index (κ3) is 2.94. The maximum atomic E-state index is 12.9. The van der Waals surface area contributed by atoms with Crippen molar-refractivity contribution in [1.82, 2.24) is 4.98 Å². The summed E-state index contributed by atoms with van der Waals surface area (Å²) in [7, 11) is 1.83. The molecule has 0 unspecified atom stereocenters. The van der Waals surface area contributed by atoms with Crippen LogP contribution >= 0.6 is 0 Å². The van der Waals surface area contributed by atoms with E-state index < -0.39 is 0 Å². The predicted octanol–water partition coefficient (Wildman–Crippen LogP) is 3.99. The third-order valence-electron chi connectivity index (χ3n) is 3.25. The Morgan fingerprint density at radius 2 is 1.86 bits per heavy atom. The highest BCUT2D eigenvalue weighted by Crippen LogP contribution is 2.22. The van der Waals surface area contributed by atoms with E-state index >= 15 is 0 Å². The van der Waals surface area contributed by atoms with Gasteiger partial charge in [-0.25, -0.2) is 9.37 Å². The van der Waals surface area contributed by atoms with Crippen molar-refractivity contribution < 1.29 is 9.13 Å². The molecule has 0 saturated heterocycles. The summed E-state index contributed by atoms with van der Waals surface area (Å²) in [5.41, 5.74) is 1.90. The standard InChI is InChI=1S/C17H15FN2O/c1-19-17-13(10-12-4-2-3-5-16(12)20-17)11-21-15-8-6-14(18)7-9-15/h2-10H,11H2,1H3,(H,19,20). The molecule has 0 radical (unpaired) electrons. The summed E-state index contributed by atoms with van der Waals surface area (Å²) < 4.78 is 18.6. The van der Waals surface area contributed by atoms with Crippen LogP contribution in [0.1, 0.15) is 5.56 Å². The molecule has 0 aliphatic rings. The lowest BCUT2D eigenvalue weighted by Crippen LogP contribution is -2.03. The molecule has 0 fully saturated rings. The average Bonchev–Trinajstić information content (AvgIpc) is 2.53. The van der Waals surface area contributed by atoms with Gasteiger partial charge in [0.05, 0.1) is 5.52 Å². The van der Waals surface area contributed by atoms with Crippen molar-refractivity contribution in [3.8, 4) is 5.75 Å². The minimum absolute atomic E-state index is 0.273. The van der Waals surface area contributed by atoms with Crippen molar-refractivity contribution in [2.24, 2.45) is 0 Å². The van der Waals surface area contributed by atoms with Gasteiger partial charge in [-0.15, -0.1) is 0 Å². The predicted molar refractivity (Wildman–Crippen MR) is 82.0 cm³/mol. The van der Waals surface area contributed by atoms with Crippen molar-refractivity contribution in [3.63, 3.8) is 0 Å². The van der Waals surface area contributed by atoms with E-state index in [1.165, 1.54) is 12.1 Å². The zero-order valence-corrected chi connectivity index (χ0v) is 11.6. The molecule has 4 heteroatoms. The smallest absolute Gasteiger partial charge is 0.133 e. The molecule has 0 spiro atoms. The van der Waals surface area contributed by atoms with E-state index in [1.807, 2.05) is 31.3 Å². The van der Waals surface area contributed by atoms with E-state index in [4.69, 9.17) is 4.74 Å². The monoisotopic (exact) mass is 282 g/mol. The van der Waals surface area contributed by atoms with E-state index in [2.05, 4.69) is 16.4 Å². The van der Waals surface area contributed by atoms with Gasteiger partial charge in [-0.1, -0.05) is 18.2 Å². The van der Waals surface area contributed by atoms with Gasteiger partial charge in [-0.3, -0.25) is 0 Å². The number of ether oxygens (including phenoxy) is 1. The highest BCUT2D eigenvalue weighted by atomic mass is 19.1. The number of pyridine rings is 1. The number of nitrogens with zero attached hydrogens (tertiary/aromatic N) is 1. The van der Waals surface area contributed by atoms with Crippen LogP contribution in [0, 0.1) is 5.82 Å². The number of para-hydroxylation sites is 1. The quantitative estimate of drug-likeness (QED) is 0.785. The number of benzene rings is 2. The fraction of sp³-hybridized carbons (Fsp3) is 0.118. The first-order valence-electron chi connectivity index (χ1n) is 6.71. The molecule has 1 N–H and O–H groups in total. The molecule has 21 heavy (non-hydrogen) atoms. The molecule has 0 atom stereocenters. The number of fused-ring (bicyclic) bond motifs is 1. The number of rotatable bonds is 4. The second-order valence-corrected chi connectivity index (χ2v) is 4.68. The van der Waals surface area contributed by atoms with Gasteiger partial charge in [0.1, 0.15) is 24.0 Å². The Morgan fingerprint density at radius 3 is 2.62 bits per heavy atom. The van der Waals surface area contributed by atoms with Gasteiger partial charge in [0.15, 0.2) is 0 Å². The van der Waals surface area contributed by atoms with Crippen molar-refractivity contribution in [2.45, 2.75) is 6.61 Å². The van der Waals surface area contributed by atoms with Gasteiger partial charge in [-0.2, -0.15) is 0 Å². The Hall–Kier alpha value is -2.62. The Bertz CT molecular complexity index is 756. The molecule has 2 aromatic carbocycles. The molecule has 0 saturated carbocycles. The minimum Gasteiger partial charge on any atom is -0.489 e. The summed E-state index contributed by atoms with van der Waals surface area (Å²) in [6.07, 6.45) is 0. The summed E-state index contributed by atoms with van der Waals surface area (Å²) in [6.45, 7) is 0.375. The zero-order chi connectivity index (χ0) is 14.7. The van der Waals surface area contributed by atoms with Crippen LogP contribution in [-0.2, 0) is 6.61 Å². The van der Waals surface area contributed by atoms with Crippen LogP contribution in [0.4, 0.5) is 10.2 Å². The van der Waals surface area contributed by atoms with Crippen LogP contribution in [0.3, 0.4) is 0 Å². The molecule has 1 aromatic heterocycles. The fourth-order valence-corrected chi connectivity index (χ4v) is 2.18. The zero-order valence-electron chi connectivity index (χ0n) is 11.6. The number of halogens is 1. The first-order valence-corrected chi connectivity index (χ1v) is 6.71. The van der Waals surface area contributed by atoms with Crippen LogP contribution in [0.2, 0.25) is 0 Å². The molecule has 3 aromatic rings. The SMILES string of the molecule is CNc1nc2ccccc2cc1COc1ccc(F)cc1. The van der Waals surface area contributed by atoms with Crippen molar-refractivity contribution in [1.29, 1.82) is 0 Å². The lowest BCUT2D eigenvalue weighted by atomic mass is 10.1. The molecule has 1 heterocycles. The van der Waals surface area contributed by atoms with Crippen LogP contribution in [0.5, 0.6) is 5.75 Å². The molecular formula is C17H15FN2O. The van der Waals surface area contributed by atoms with Crippen molar-refractivity contribution in [3.05, 3.63) is 66.0 Å². The Labute approximate surface area is 122 Å². The molecule has 3 nitrogen and oxygen atoms in total. The van der Waals surface area contributed by atoms with Crippen LogP contribution in [0.15, 0.2) is 54.6 Å². The minimum atomic E-state index is -0.273. The number of nitrogens with one attached hydrogen (secondary N) is 1. The second kappa shape index (κ2) is 5.79. The third-order valence-corrected chi connectivity index (χ3v) is 3.25. The Morgan fingerprint density at radius 1 is 1.10 bits per heavy atom. The maximum Gasteiger partial charge on any atom is 0.133 e. The number of hydrogen-bond acceptors (Lipinski definition) is 3. The van der Waals surface area contributed by atoms with Gasteiger partial charge < -0.3 is 10.1 Å². The first-order chi connectivity index (χ1) is 10.3. The molecule has 0 aliphatic heterocycles. The molecular weight excluding hydrogens is 267 g/mol. The fourth-order valence-electron chi connectivity index (χ4n) is 2.18. The van der Waals surface area contributed by atoms with Crippen LogP contribution in [0.25, 0.3) is 10.9 Å². The summed E-state index contributed by atoms with van der Waals surface area (Å²) in [5.74, 6) is 1.15. The van der Waals surface area contributed by atoms with E-state index in [0.717, 1.165) is 22.3 Å². The van der Waals surface area contributed by atoms with Gasteiger partial charge >= 0.3 is 0 Å². The van der Waals surface area contributed by atoms with Crippen molar-refractivity contribution in [2.75, 3.05) is 12.4 Å². The molecule has 0 amide bonds. The van der Waals surface area contributed by atoms with E-state index in [0.29, 0.717) is 12.4 Å². The number of hydrogen-bond donors (Lipinski definition) is 1. The highest BCUT2D eigenvalue weighted by Gasteiger charge is 2.06. The summed E-state index contributed by atoms with van der Waals surface area (Å²) in [5, 5.41) is 4.15. The van der Waals surface area contributed by atoms with Gasteiger partial charge in [0, 0.05) is 18.0 Å². The lowest BCUT2D eigenvalue weighted by Gasteiger charge is -2.11. The Balaban J connectivity index is 1.86.